The Hall–Kier alpha value is -2.14. The third kappa shape index (κ3) is 2.86. The highest BCUT2D eigenvalue weighted by Crippen LogP contribution is 2.31. The lowest BCUT2D eigenvalue weighted by Crippen LogP contribution is -2.51. The molecule has 4 rings (SSSR count). The van der Waals surface area contributed by atoms with Gasteiger partial charge in [-0.3, -0.25) is 4.79 Å². The smallest absolute Gasteiger partial charge is 0.272 e. The molecular weight excluding hydrogens is 312 g/mol. The van der Waals surface area contributed by atoms with Crippen molar-refractivity contribution in [2.75, 3.05) is 6.54 Å². The number of amides is 1. The van der Waals surface area contributed by atoms with Gasteiger partial charge in [-0.15, -0.1) is 0 Å². The lowest BCUT2D eigenvalue weighted by Gasteiger charge is -2.28. The SMILES string of the molecule is Cc1ccc(-n2nc(C(=O)NC3(CN)CCCC3)c3c2CCC3)cc1. The number of nitrogens with zero attached hydrogens (tertiary/aromatic N) is 2. The molecule has 1 fully saturated rings. The summed E-state index contributed by atoms with van der Waals surface area (Å²) in [6.07, 6.45) is 7.19. The molecule has 0 saturated heterocycles. The monoisotopic (exact) mass is 338 g/mol. The molecule has 0 unspecified atom stereocenters. The van der Waals surface area contributed by atoms with E-state index in [9.17, 15) is 4.79 Å². The van der Waals surface area contributed by atoms with Crippen LogP contribution in [-0.4, -0.2) is 27.8 Å². The maximum atomic E-state index is 13.0. The standard InChI is InChI=1S/C20H26N4O/c1-14-7-9-15(10-8-14)24-17-6-4-5-16(17)18(23-24)19(25)22-20(13-21)11-2-3-12-20/h7-10H,2-6,11-13,21H2,1H3,(H,22,25). The van der Waals surface area contributed by atoms with E-state index in [0.29, 0.717) is 12.2 Å². The first-order chi connectivity index (χ1) is 12.1. The van der Waals surface area contributed by atoms with Gasteiger partial charge in [0.15, 0.2) is 5.69 Å². The van der Waals surface area contributed by atoms with Crippen molar-refractivity contribution < 1.29 is 4.79 Å². The lowest BCUT2D eigenvalue weighted by molar-refractivity contribution is 0.0896. The van der Waals surface area contributed by atoms with E-state index >= 15 is 0 Å². The molecule has 1 amide bonds. The molecule has 0 radical (unpaired) electrons. The molecular formula is C20H26N4O. The summed E-state index contributed by atoms with van der Waals surface area (Å²) in [6.45, 7) is 2.57. The van der Waals surface area contributed by atoms with Crippen LogP contribution < -0.4 is 11.1 Å². The fourth-order valence-corrected chi connectivity index (χ4v) is 4.25. The van der Waals surface area contributed by atoms with Crippen molar-refractivity contribution in [1.29, 1.82) is 0 Å². The first-order valence-electron chi connectivity index (χ1n) is 9.32. The maximum absolute atomic E-state index is 13.0. The Balaban J connectivity index is 1.67. The Bertz CT molecular complexity index is 785. The first kappa shape index (κ1) is 16.3. The lowest BCUT2D eigenvalue weighted by atomic mass is 9.97. The minimum Gasteiger partial charge on any atom is -0.344 e. The highest BCUT2D eigenvalue weighted by atomic mass is 16.2. The van der Waals surface area contributed by atoms with Crippen molar-refractivity contribution in [3.63, 3.8) is 0 Å². The summed E-state index contributed by atoms with van der Waals surface area (Å²) in [5, 5.41) is 7.93. The Morgan fingerprint density at radius 2 is 1.92 bits per heavy atom. The molecule has 1 aromatic heterocycles. The normalized spacial score (nSPS) is 18.3. The molecule has 1 aromatic carbocycles. The van der Waals surface area contributed by atoms with E-state index in [1.807, 2.05) is 4.68 Å². The van der Waals surface area contributed by atoms with Crippen molar-refractivity contribution >= 4 is 5.91 Å². The van der Waals surface area contributed by atoms with Gasteiger partial charge in [0.25, 0.3) is 5.91 Å². The molecule has 2 aliphatic carbocycles. The van der Waals surface area contributed by atoms with Crippen LogP contribution in [0.15, 0.2) is 24.3 Å². The highest BCUT2D eigenvalue weighted by molar-refractivity contribution is 5.95. The number of hydrogen-bond donors (Lipinski definition) is 2. The van der Waals surface area contributed by atoms with Crippen LogP contribution in [0, 0.1) is 6.92 Å². The Kier molecular flexibility index (Phi) is 4.12. The van der Waals surface area contributed by atoms with Crippen LogP contribution in [0.2, 0.25) is 0 Å². The Labute approximate surface area is 148 Å². The van der Waals surface area contributed by atoms with Crippen molar-refractivity contribution in [1.82, 2.24) is 15.1 Å². The molecule has 2 aromatic rings. The summed E-state index contributed by atoms with van der Waals surface area (Å²) in [7, 11) is 0. The van der Waals surface area contributed by atoms with Crippen LogP contribution in [0.25, 0.3) is 5.69 Å². The fourth-order valence-electron chi connectivity index (χ4n) is 4.25. The molecule has 132 valence electrons. The van der Waals surface area contributed by atoms with Crippen LogP contribution in [0.3, 0.4) is 0 Å². The number of hydrogen-bond acceptors (Lipinski definition) is 3. The number of nitrogens with two attached hydrogens (primary N) is 1. The zero-order valence-electron chi connectivity index (χ0n) is 14.8. The van der Waals surface area contributed by atoms with E-state index in [1.165, 1.54) is 11.3 Å². The summed E-state index contributed by atoms with van der Waals surface area (Å²) >= 11 is 0. The number of carbonyl (C=O) groups is 1. The molecule has 0 aliphatic heterocycles. The van der Waals surface area contributed by atoms with Crippen molar-refractivity contribution in [2.24, 2.45) is 5.73 Å². The van der Waals surface area contributed by atoms with Crippen molar-refractivity contribution in [2.45, 2.75) is 57.4 Å². The Morgan fingerprint density at radius 3 is 2.60 bits per heavy atom. The first-order valence-corrected chi connectivity index (χ1v) is 9.32. The minimum absolute atomic E-state index is 0.0589. The van der Waals surface area contributed by atoms with Gasteiger partial charge in [-0.2, -0.15) is 5.10 Å². The number of carbonyl (C=O) groups excluding carboxylic acids is 1. The number of aromatic nitrogens is 2. The van der Waals surface area contributed by atoms with Gasteiger partial charge in [-0.25, -0.2) is 4.68 Å². The molecule has 5 heteroatoms. The van der Waals surface area contributed by atoms with E-state index in [4.69, 9.17) is 10.8 Å². The molecule has 1 saturated carbocycles. The van der Waals surface area contributed by atoms with Crippen LogP contribution in [0.5, 0.6) is 0 Å². The van der Waals surface area contributed by atoms with E-state index in [2.05, 4.69) is 36.5 Å². The topological polar surface area (TPSA) is 72.9 Å². The van der Waals surface area contributed by atoms with E-state index in [-0.39, 0.29) is 11.4 Å². The number of fused-ring (bicyclic) bond motifs is 1. The Morgan fingerprint density at radius 1 is 1.20 bits per heavy atom. The largest absolute Gasteiger partial charge is 0.344 e. The van der Waals surface area contributed by atoms with Crippen molar-refractivity contribution in [3.8, 4) is 5.69 Å². The average Bonchev–Trinajstić information content (AvgIpc) is 3.32. The zero-order chi connectivity index (χ0) is 17.4. The summed E-state index contributed by atoms with van der Waals surface area (Å²) in [6, 6.07) is 8.31. The van der Waals surface area contributed by atoms with Crippen LogP contribution in [0.4, 0.5) is 0 Å². The third-order valence-electron chi connectivity index (χ3n) is 5.75. The zero-order valence-corrected chi connectivity index (χ0v) is 14.8. The third-order valence-corrected chi connectivity index (χ3v) is 5.75. The van der Waals surface area contributed by atoms with Crippen LogP contribution in [0.1, 0.15) is 59.4 Å². The summed E-state index contributed by atoms with van der Waals surface area (Å²) in [4.78, 5) is 13.0. The molecule has 0 bridgehead atoms. The molecule has 1 heterocycles. The number of aryl methyl sites for hydroxylation is 1. The number of rotatable bonds is 4. The van der Waals surface area contributed by atoms with Gasteiger partial charge in [0, 0.05) is 17.8 Å². The van der Waals surface area contributed by atoms with Gasteiger partial charge in [0.05, 0.1) is 11.2 Å². The van der Waals surface area contributed by atoms with Gasteiger partial charge >= 0.3 is 0 Å². The van der Waals surface area contributed by atoms with Gasteiger partial charge < -0.3 is 11.1 Å². The molecule has 0 spiro atoms. The predicted molar refractivity (Wildman–Crippen MR) is 98.0 cm³/mol. The molecule has 0 atom stereocenters. The number of nitrogens with one attached hydrogen (secondary N) is 1. The molecule has 25 heavy (non-hydrogen) atoms. The summed E-state index contributed by atoms with van der Waals surface area (Å²) in [5.41, 5.74) is 10.9. The fraction of sp³-hybridized carbons (Fsp3) is 0.500. The highest BCUT2D eigenvalue weighted by Gasteiger charge is 2.36. The second-order valence-corrected chi connectivity index (χ2v) is 7.52. The second kappa shape index (κ2) is 6.30. The summed E-state index contributed by atoms with van der Waals surface area (Å²) in [5.74, 6) is -0.0589. The minimum atomic E-state index is -0.240. The van der Waals surface area contributed by atoms with E-state index < -0.39 is 0 Å². The van der Waals surface area contributed by atoms with Crippen LogP contribution >= 0.6 is 0 Å². The molecule has 5 nitrogen and oxygen atoms in total. The van der Waals surface area contributed by atoms with Crippen molar-refractivity contribution in [3.05, 3.63) is 46.8 Å². The second-order valence-electron chi connectivity index (χ2n) is 7.52. The average molecular weight is 338 g/mol. The van der Waals surface area contributed by atoms with Gasteiger partial charge in [0.2, 0.25) is 0 Å². The predicted octanol–water partition coefficient (Wildman–Crippen LogP) is 2.67. The van der Waals surface area contributed by atoms with E-state index in [1.54, 1.807) is 0 Å². The maximum Gasteiger partial charge on any atom is 0.272 e. The molecule has 3 N–H and O–H groups in total. The van der Waals surface area contributed by atoms with Gasteiger partial charge in [0.1, 0.15) is 0 Å². The quantitative estimate of drug-likeness (QED) is 0.900. The number of benzene rings is 1. The van der Waals surface area contributed by atoms with Gasteiger partial charge in [-0.05, 0) is 51.2 Å². The molecule has 2 aliphatic rings. The summed E-state index contributed by atoms with van der Waals surface area (Å²) < 4.78 is 1.96. The van der Waals surface area contributed by atoms with E-state index in [0.717, 1.165) is 56.2 Å². The van der Waals surface area contributed by atoms with Crippen LogP contribution in [-0.2, 0) is 12.8 Å². The van der Waals surface area contributed by atoms with Gasteiger partial charge in [-0.1, -0.05) is 30.5 Å².